The SMILES string of the molecule is Cc1cc(NC(=O)CNC2CC2)on1. The van der Waals surface area contributed by atoms with Crippen molar-refractivity contribution >= 4 is 11.8 Å². The van der Waals surface area contributed by atoms with Gasteiger partial charge in [-0.05, 0) is 19.8 Å². The standard InChI is InChI=1S/C9H13N3O2/c1-6-4-9(14-12-6)11-8(13)5-10-7-2-3-7/h4,7,10H,2-3,5H2,1H3,(H,11,13). The third kappa shape index (κ3) is 2.56. The van der Waals surface area contributed by atoms with Crippen LogP contribution in [0.25, 0.3) is 0 Å². The molecule has 0 atom stereocenters. The van der Waals surface area contributed by atoms with E-state index in [1.54, 1.807) is 6.07 Å². The van der Waals surface area contributed by atoms with Gasteiger partial charge in [0.05, 0.1) is 12.2 Å². The molecule has 1 aromatic heterocycles. The quantitative estimate of drug-likeness (QED) is 0.741. The highest BCUT2D eigenvalue weighted by Gasteiger charge is 2.21. The normalized spacial score (nSPS) is 15.5. The van der Waals surface area contributed by atoms with E-state index in [1.807, 2.05) is 6.92 Å². The van der Waals surface area contributed by atoms with E-state index in [0.29, 0.717) is 18.5 Å². The predicted molar refractivity (Wildman–Crippen MR) is 50.9 cm³/mol. The first kappa shape index (κ1) is 9.21. The van der Waals surface area contributed by atoms with Gasteiger partial charge in [0.1, 0.15) is 0 Å². The average molecular weight is 195 g/mol. The van der Waals surface area contributed by atoms with Crippen molar-refractivity contribution < 1.29 is 9.32 Å². The van der Waals surface area contributed by atoms with Gasteiger partial charge in [0, 0.05) is 12.1 Å². The van der Waals surface area contributed by atoms with E-state index < -0.39 is 0 Å². The molecular weight excluding hydrogens is 182 g/mol. The molecule has 1 aliphatic carbocycles. The van der Waals surface area contributed by atoms with Crippen molar-refractivity contribution in [3.8, 4) is 0 Å². The number of anilines is 1. The van der Waals surface area contributed by atoms with Gasteiger partial charge in [-0.3, -0.25) is 10.1 Å². The Hall–Kier alpha value is -1.36. The van der Waals surface area contributed by atoms with Gasteiger partial charge in [-0.15, -0.1) is 0 Å². The van der Waals surface area contributed by atoms with E-state index >= 15 is 0 Å². The Kier molecular flexibility index (Phi) is 2.49. The molecule has 0 spiro atoms. The molecule has 5 nitrogen and oxygen atoms in total. The Labute approximate surface area is 81.8 Å². The van der Waals surface area contributed by atoms with Gasteiger partial charge in [0.25, 0.3) is 0 Å². The molecule has 1 saturated carbocycles. The summed E-state index contributed by atoms with van der Waals surface area (Å²) < 4.78 is 4.85. The Morgan fingerprint density at radius 2 is 2.50 bits per heavy atom. The fourth-order valence-electron chi connectivity index (χ4n) is 1.13. The van der Waals surface area contributed by atoms with Crippen LogP contribution in [0.4, 0.5) is 5.88 Å². The molecule has 1 amide bonds. The second-order valence-electron chi connectivity index (χ2n) is 3.54. The van der Waals surface area contributed by atoms with Crippen molar-refractivity contribution in [2.24, 2.45) is 0 Å². The van der Waals surface area contributed by atoms with Gasteiger partial charge in [-0.2, -0.15) is 0 Å². The minimum absolute atomic E-state index is 0.0898. The third-order valence-electron chi connectivity index (χ3n) is 2.02. The van der Waals surface area contributed by atoms with E-state index in [0.717, 1.165) is 5.69 Å². The van der Waals surface area contributed by atoms with E-state index in [9.17, 15) is 4.79 Å². The molecule has 0 aromatic carbocycles. The molecule has 0 bridgehead atoms. The number of carbonyl (C=O) groups excluding carboxylic acids is 1. The maximum atomic E-state index is 11.3. The van der Waals surface area contributed by atoms with Crippen molar-refractivity contribution in [2.45, 2.75) is 25.8 Å². The minimum Gasteiger partial charge on any atom is -0.338 e. The number of rotatable bonds is 4. The molecule has 2 N–H and O–H groups in total. The van der Waals surface area contributed by atoms with Gasteiger partial charge in [-0.1, -0.05) is 5.16 Å². The highest BCUT2D eigenvalue weighted by molar-refractivity contribution is 5.90. The summed E-state index contributed by atoms with van der Waals surface area (Å²) in [5, 5.41) is 9.39. The van der Waals surface area contributed by atoms with Crippen LogP contribution in [0, 0.1) is 6.92 Å². The Morgan fingerprint density at radius 1 is 1.71 bits per heavy atom. The zero-order chi connectivity index (χ0) is 9.97. The molecule has 76 valence electrons. The highest BCUT2D eigenvalue weighted by atomic mass is 16.5. The maximum Gasteiger partial charge on any atom is 0.240 e. The van der Waals surface area contributed by atoms with Crippen LogP contribution in [-0.4, -0.2) is 23.7 Å². The third-order valence-corrected chi connectivity index (χ3v) is 2.02. The van der Waals surface area contributed by atoms with Gasteiger partial charge >= 0.3 is 0 Å². The number of amides is 1. The van der Waals surface area contributed by atoms with Crippen LogP contribution in [0.1, 0.15) is 18.5 Å². The largest absolute Gasteiger partial charge is 0.338 e. The molecule has 5 heteroatoms. The predicted octanol–water partition coefficient (Wildman–Crippen LogP) is 0.674. The molecule has 1 heterocycles. The molecule has 0 unspecified atom stereocenters. The summed E-state index contributed by atoms with van der Waals surface area (Å²) in [4.78, 5) is 11.3. The summed E-state index contributed by atoms with van der Waals surface area (Å²) in [6.45, 7) is 2.14. The first-order valence-corrected chi connectivity index (χ1v) is 4.70. The Morgan fingerprint density at radius 3 is 3.07 bits per heavy atom. The lowest BCUT2D eigenvalue weighted by atomic mass is 10.4. The summed E-state index contributed by atoms with van der Waals surface area (Å²) in [5.74, 6) is 0.318. The zero-order valence-electron chi connectivity index (χ0n) is 8.04. The molecule has 0 aliphatic heterocycles. The van der Waals surface area contributed by atoms with Gasteiger partial charge in [-0.25, -0.2) is 0 Å². The zero-order valence-corrected chi connectivity index (χ0v) is 8.04. The second kappa shape index (κ2) is 3.79. The van der Waals surface area contributed by atoms with E-state index in [1.165, 1.54) is 12.8 Å². The van der Waals surface area contributed by atoms with Crippen molar-refractivity contribution in [1.29, 1.82) is 0 Å². The molecule has 0 radical (unpaired) electrons. The smallest absolute Gasteiger partial charge is 0.240 e. The van der Waals surface area contributed by atoms with Crippen LogP contribution in [0.5, 0.6) is 0 Å². The van der Waals surface area contributed by atoms with Crippen molar-refractivity contribution in [3.63, 3.8) is 0 Å². The van der Waals surface area contributed by atoms with Crippen LogP contribution >= 0.6 is 0 Å². The number of nitrogens with one attached hydrogen (secondary N) is 2. The number of carbonyl (C=O) groups is 1. The lowest BCUT2D eigenvalue weighted by Gasteiger charge is -2.01. The van der Waals surface area contributed by atoms with Gasteiger partial charge < -0.3 is 9.84 Å². The second-order valence-corrected chi connectivity index (χ2v) is 3.54. The number of hydrogen-bond donors (Lipinski definition) is 2. The first-order valence-electron chi connectivity index (χ1n) is 4.70. The van der Waals surface area contributed by atoms with Crippen molar-refractivity contribution in [3.05, 3.63) is 11.8 Å². The summed E-state index contributed by atoms with van der Waals surface area (Å²) in [7, 11) is 0. The highest BCUT2D eigenvalue weighted by Crippen LogP contribution is 2.18. The number of aryl methyl sites for hydroxylation is 1. The number of aromatic nitrogens is 1. The summed E-state index contributed by atoms with van der Waals surface area (Å²) in [5.41, 5.74) is 0.760. The number of nitrogens with zero attached hydrogens (tertiary/aromatic N) is 1. The fraction of sp³-hybridized carbons (Fsp3) is 0.556. The fourth-order valence-corrected chi connectivity index (χ4v) is 1.13. The Balaban J connectivity index is 1.75. The van der Waals surface area contributed by atoms with Crippen LogP contribution in [-0.2, 0) is 4.79 Å². The summed E-state index contributed by atoms with van der Waals surface area (Å²) in [6.07, 6.45) is 2.35. The summed E-state index contributed by atoms with van der Waals surface area (Å²) in [6, 6.07) is 2.23. The molecule has 1 fully saturated rings. The summed E-state index contributed by atoms with van der Waals surface area (Å²) >= 11 is 0. The average Bonchev–Trinajstić information content (AvgIpc) is 2.88. The van der Waals surface area contributed by atoms with Crippen LogP contribution < -0.4 is 10.6 Å². The van der Waals surface area contributed by atoms with Crippen molar-refractivity contribution in [1.82, 2.24) is 10.5 Å². The first-order chi connectivity index (χ1) is 6.74. The molecule has 0 saturated heterocycles. The monoisotopic (exact) mass is 195 g/mol. The lowest BCUT2D eigenvalue weighted by molar-refractivity contribution is -0.115. The topological polar surface area (TPSA) is 67.2 Å². The number of hydrogen-bond acceptors (Lipinski definition) is 4. The van der Waals surface area contributed by atoms with Crippen molar-refractivity contribution in [2.75, 3.05) is 11.9 Å². The van der Waals surface area contributed by atoms with Crippen LogP contribution in [0.15, 0.2) is 10.6 Å². The molecule has 14 heavy (non-hydrogen) atoms. The van der Waals surface area contributed by atoms with E-state index in [4.69, 9.17) is 4.52 Å². The lowest BCUT2D eigenvalue weighted by Crippen LogP contribution is -2.29. The molecule has 1 aromatic rings. The van der Waals surface area contributed by atoms with Gasteiger partial charge in [0.2, 0.25) is 11.8 Å². The molecular formula is C9H13N3O2. The Bertz CT molecular complexity index is 331. The van der Waals surface area contributed by atoms with Crippen LogP contribution in [0.2, 0.25) is 0 Å². The van der Waals surface area contributed by atoms with Gasteiger partial charge in [0.15, 0.2) is 0 Å². The van der Waals surface area contributed by atoms with E-state index in [2.05, 4.69) is 15.8 Å². The molecule has 2 rings (SSSR count). The van der Waals surface area contributed by atoms with Crippen LogP contribution in [0.3, 0.4) is 0 Å². The minimum atomic E-state index is -0.0898. The van der Waals surface area contributed by atoms with E-state index in [-0.39, 0.29) is 5.91 Å². The maximum absolute atomic E-state index is 11.3. The molecule has 1 aliphatic rings.